The first-order chi connectivity index (χ1) is 14.5. The Balaban J connectivity index is 2.70. The molecule has 6 nitrogen and oxygen atoms in total. The van der Waals surface area contributed by atoms with E-state index < -0.39 is 10.2 Å². The van der Waals surface area contributed by atoms with Gasteiger partial charge in [-0.05, 0) is 24.4 Å². The van der Waals surface area contributed by atoms with Crippen LogP contribution in [0.3, 0.4) is 0 Å². The van der Waals surface area contributed by atoms with Crippen molar-refractivity contribution in [2.45, 2.75) is 90.9 Å². The van der Waals surface area contributed by atoms with Crippen LogP contribution in [0.5, 0.6) is 11.5 Å². The molecule has 0 unspecified atom stereocenters. The Morgan fingerprint density at radius 3 is 1.77 bits per heavy atom. The molecule has 0 N–H and O–H groups in total. The lowest BCUT2D eigenvalue weighted by Gasteiger charge is -2.13. The van der Waals surface area contributed by atoms with Crippen molar-refractivity contribution >= 4 is 22.5 Å². The fourth-order valence-electron chi connectivity index (χ4n) is 3.21. The number of nitro benzene ring substituents is 1. The molecule has 0 atom stereocenters. The van der Waals surface area contributed by atoms with E-state index in [-0.39, 0.29) is 22.7 Å². The third-order valence-corrected chi connectivity index (χ3v) is 5.18. The average molecular weight is 442 g/mol. The van der Waals surface area contributed by atoms with Crippen LogP contribution in [-0.2, 0) is 0 Å². The number of carbonyl (C=O) groups excluding carboxylic acids is 1. The van der Waals surface area contributed by atoms with Gasteiger partial charge in [-0.15, -0.1) is 0 Å². The first kappa shape index (κ1) is 26.2. The molecular formula is C23H36ClNO5. The minimum Gasteiger partial charge on any atom is -0.493 e. The minimum atomic E-state index is -0.779. The van der Waals surface area contributed by atoms with Gasteiger partial charge in [0, 0.05) is 12.1 Å². The van der Waals surface area contributed by atoms with Crippen molar-refractivity contribution in [3.63, 3.8) is 0 Å². The summed E-state index contributed by atoms with van der Waals surface area (Å²) in [6, 6.07) is 2.59. The molecule has 1 aromatic carbocycles. The molecule has 1 rings (SSSR count). The van der Waals surface area contributed by atoms with Gasteiger partial charge in [-0.3, -0.25) is 14.9 Å². The quantitative estimate of drug-likeness (QED) is 0.102. The Morgan fingerprint density at radius 1 is 0.833 bits per heavy atom. The van der Waals surface area contributed by atoms with Gasteiger partial charge in [0.15, 0.2) is 0 Å². The summed E-state index contributed by atoms with van der Waals surface area (Å²) in [6.45, 7) is 5.16. The van der Waals surface area contributed by atoms with Crippen LogP contribution >= 0.6 is 11.6 Å². The van der Waals surface area contributed by atoms with Gasteiger partial charge in [-0.25, -0.2) is 0 Å². The molecule has 0 radical (unpaired) electrons. The van der Waals surface area contributed by atoms with Gasteiger partial charge in [0.1, 0.15) is 5.75 Å². The zero-order valence-corrected chi connectivity index (χ0v) is 19.2. The Morgan fingerprint density at radius 2 is 1.30 bits per heavy atom. The molecule has 0 saturated heterocycles. The number of ether oxygens (including phenoxy) is 2. The number of carbonyl (C=O) groups is 1. The van der Waals surface area contributed by atoms with Gasteiger partial charge < -0.3 is 9.47 Å². The van der Waals surface area contributed by atoms with E-state index in [1.807, 2.05) is 0 Å². The number of hydrogen-bond donors (Lipinski definition) is 0. The zero-order valence-electron chi connectivity index (χ0n) is 18.4. The van der Waals surface area contributed by atoms with Crippen molar-refractivity contribution in [3.05, 3.63) is 27.8 Å². The molecule has 0 aliphatic carbocycles. The maximum atomic E-state index is 11.8. The maximum absolute atomic E-state index is 11.8. The smallest absolute Gasteiger partial charge is 0.311 e. The van der Waals surface area contributed by atoms with E-state index in [1.165, 1.54) is 44.6 Å². The van der Waals surface area contributed by atoms with E-state index in [9.17, 15) is 14.9 Å². The first-order valence-corrected chi connectivity index (χ1v) is 11.7. The molecule has 0 spiro atoms. The maximum Gasteiger partial charge on any atom is 0.311 e. The average Bonchev–Trinajstić information content (AvgIpc) is 2.72. The van der Waals surface area contributed by atoms with Gasteiger partial charge in [0.2, 0.25) is 5.75 Å². The fraction of sp³-hybridized carbons (Fsp3) is 0.696. The third kappa shape index (κ3) is 10.3. The molecule has 0 fully saturated rings. The monoisotopic (exact) mass is 441 g/mol. The van der Waals surface area contributed by atoms with Crippen molar-refractivity contribution in [2.24, 2.45) is 0 Å². The molecule has 0 saturated carbocycles. The standard InChI is InChI=1S/C23H36ClNO5/c1-3-5-7-9-11-13-15-29-21-18-22(30-16-14-12-10-8-6-4-2)20(25(27)28)17-19(21)23(24)26/h17-18H,3-16H2,1-2H3. The molecule has 7 heteroatoms. The summed E-state index contributed by atoms with van der Waals surface area (Å²) in [4.78, 5) is 22.6. The highest BCUT2D eigenvalue weighted by molar-refractivity contribution is 6.68. The number of benzene rings is 1. The summed E-state index contributed by atoms with van der Waals surface area (Å²) >= 11 is 5.64. The molecule has 0 aliphatic rings. The summed E-state index contributed by atoms with van der Waals surface area (Å²) in [5.41, 5.74) is -0.266. The van der Waals surface area contributed by atoms with Crippen LogP contribution in [0, 0.1) is 10.1 Å². The van der Waals surface area contributed by atoms with Crippen molar-refractivity contribution in [1.82, 2.24) is 0 Å². The Labute approximate surface area is 185 Å². The van der Waals surface area contributed by atoms with E-state index in [1.54, 1.807) is 0 Å². The molecule has 170 valence electrons. The lowest BCUT2D eigenvalue weighted by atomic mass is 10.1. The Kier molecular flexibility index (Phi) is 13.9. The molecule has 0 heterocycles. The fourth-order valence-corrected chi connectivity index (χ4v) is 3.36. The van der Waals surface area contributed by atoms with Gasteiger partial charge in [0.25, 0.3) is 5.24 Å². The van der Waals surface area contributed by atoms with Crippen molar-refractivity contribution < 1.29 is 19.2 Å². The topological polar surface area (TPSA) is 78.7 Å². The van der Waals surface area contributed by atoms with Gasteiger partial charge >= 0.3 is 5.69 Å². The summed E-state index contributed by atoms with van der Waals surface area (Å²) in [6.07, 6.45) is 13.2. The number of unbranched alkanes of at least 4 members (excludes halogenated alkanes) is 10. The molecule has 1 aromatic rings. The van der Waals surface area contributed by atoms with Crippen LogP contribution in [-0.4, -0.2) is 23.4 Å². The summed E-state index contributed by atoms with van der Waals surface area (Å²) in [5.74, 6) is 0.361. The number of nitro groups is 1. The van der Waals surface area contributed by atoms with Crippen LogP contribution in [0.2, 0.25) is 0 Å². The summed E-state index contributed by atoms with van der Waals surface area (Å²) in [7, 11) is 0. The molecule has 0 aromatic heterocycles. The lowest BCUT2D eigenvalue weighted by Crippen LogP contribution is -2.06. The van der Waals surface area contributed by atoms with Crippen LogP contribution in [0.1, 0.15) is 101 Å². The summed E-state index contributed by atoms with van der Waals surface area (Å²) < 4.78 is 11.4. The predicted octanol–water partition coefficient (Wildman–Crippen LogP) is 7.45. The van der Waals surface area contributed by atoms with Crippen molar-refractivity contribution in [3.8, 4) is 11.5 Å². The number of halogens is 1. The second kappa shape index (κ2) is 15.9. The van der Waals surface area contributed by atoms with Crippen molar-refractivity contribution in [1.29, 1.82) is 0 Å². The molecule has 0 bridgehead atoms. The van der Waals surface area contributed by atoms with Crippen LogP contribution in [0.25, 0.3) is 0 Å². The van der Waals surface area contributed by atoms with Gasteiger partial charge in [0.05, 0.1) is 23.7 Å². The van der Waals surface area contributed by atoms with Crippen LogP contribution < -0.4 is 9.47 Å². The highest BCUT2D eigenvalue weighted by atomic mass is 35.5. The van der Waals surface area contributed by atoms with Gasteiger partial charge in [-0.2, -0.15) is 0 Å². The van der Waals surface area contributed by atoms with Crippen LogP contribution in [0.4, 0.5) is 5.69 Å². The second-order valence-electron chi connectivity index (χ2n) is 7.58. The van der Waals surface area contributed by atoms with Crippen LogP contribution in [0.15, 0.2) is 12.1 Å². The molecule has 0 aliphatic heterocycles. The Hall–Kier alpha value is -1.82. The lowest BCUT2D eigenvalue weighted by molar-refractivity contribution is -0.385. The predicted molar refractivity (Wildman–Crippen MR) is 121 cm³/mol. The number of nitrogens with zero attached hydrogens (tertiary/aromatic N) is 1. The highest BCUT2D eigenvalue weighted by Crippen LogP contribution is 2.36. The third-order valence-electron chi connectivity index (χ3n) is 4.98. The molecule has 30 heavy (non-hydrogen) atoms. The largest absolute Gasteiger partial charge is 0.493 e. The molecular weight excluding hydrogens is 406 g/mol. The van der Waals surface area contributed by atoms with E-state index >= 15 is 0 Å². The SMILES string of the molecule is CCCCCCCCOc1cc(OCCCCCCCC)c([N+](=O)[O-])cc1C(=O)Cl. The van der Waals surface area contributed by atoms with E-state index in [4.69, 9.17) is 21.1 Å². The zero-order chi connectivity index (χ0) is 22.2. The number of rotatable bonds is 18. The normalized spacial score (nSPS) is 10.8. The van der Waals surface area contributed by atoms with E-state index in [0.717, 1.165) is 44.6 Å². The summed E-state index contributed by atoms with van der Waals surface area (Å²) in [5, 5.41) is 10.7. The van der Waals surface area contributed by atoms with Crippen molar-refractivity contribution in [2.75, 3.05) is 13.2 Å². The number of hydrogen-bond acceptors (Lipinski definition) is 5. The second-order valence-corrected chi connectivity index (χ2v) is 7.92. The Bertz CT molecular complexity index is 599. The van der Waals surface area contributed by atoms with E-state index in [2.05, 4.69) is 13.8 Å². The van der Waals surface area contributed by atoms with E-state index in [0.29, 0.717) is 13.2 Å². The molecule has 0 amide bonds. The van der Waals surface area contributed by atoms with Gasteiger partial charge in [-0.1, -0.05) is 78.1 Å². The first-order valence-electron chi connectivity index (χ1n) is 11.3. The highest BCUT2D eigenvalue weighted by Gasteiger charge is 2.23. The minimum absolute atomic E-state index is 0.00117.